The number of hydrogen-bond acceptors (Lipinski definition) is 12. The van der Waals surface area contributed by atoms with E-state index in [1.54, 1.807) is 99.6 Å². The van der Waals surface area contributed by atoms with Crippen molar-refractivity contribution in [1.82, 2.24) is 0 Å². The maximum atomic E-state index is 14.0. The zero-order valence-electron chi connectivity index (χ0n) is 29.8. The molecule has 3 fully saturated rings. The van der Waals surface area contributed by atoms with E-state index in [4.69, 9.17) is 28.4 Å². The quantitative estimate of drug-likeness (QED) is 0.250. The highest BCUT2D eigenvalue weighted by Crippen LogP contribution is 2.69. The number of fused-ring (bicyclic) bond motifs is 1. The third kappa shape index (κ3) is 5.93. The van der Waals surface area contributed by atoms with E-state index in [1.165, 1.54) is 19.1 Å². The van der Waals surface area contributed by atoms with Crippen molar-refractivity contribution >= 4 is 29.8 Å². The molecule has 12 heteroatoms. The summed E-state index contributed by atoms with van der Waals surface area (Å²) in [6, 6.07) is 24.5. The van der Waals surface area contributed by atoms with Crippen LogP contribution in [-0.2, 0) is 38.0 Å². The van der Waals surface area contributed by atoms with Crippen LogP contribution in [0.2, 0.25) is 0 Å². The van der Waals surface area contributed by atoms with Crippen molar-refractivity contribution in [2.45, 2.75) is 95.3 Å². The first kappa shape index (κ1) is 36.7. The van der Waals surface area contributed by atoms with Crippen LogP contribution in [0.15, 0.2) is 91.0 Å². The van der Waals surface area contributed by atoms with Crippen molar-refractivity contribution in [3.05, 3.63) is 108 Å². The van der Waals surface area contributed by atoms with E-state index in [0.717, 1.165) is 13.8 Å². The van der Waals surface area contributed by atoms with Gasteiger partial charge in [0.2, 0.25) is 0 Å². The summed E-state index contributed by atoms with van der Waals surface area (Å²) in [5.74, 6) is -4.75. The van der Waals surface area contributed by atoms with E-state index >= 15 is 0 Å². The zero-order valence-corrected chi connectivity index (χ0v) is 29.8. The smallest absolute Gasteiger partial charge is 0.338 e. The van der Waals surface area contributed by atoms with Gasteiger partial charge in [-0.1, -0.05) is 54.6 Å². The molecule has 52 heavy (non-hydrogen) atoms. The summed E-state index contributed by atoms with van der Waals surface area (Å²) in [4.78, 5) is 67.4. The molecule has 6 rings (SSSR count). The summed E-state index contributed by atoms with van der Waals surface area (Å²) < 4.78 is 37.6. The van der Waals surface area contributed by atoms with E-state index in [1.807, 2.05) is 0 Å². The van der Waals surface area contributed by atoms with E-state index in [0.29, 0.717) is 0 Å². The fourth-order valence-corrected chi connectivity index (χ4v) is 8.59. The molecule has 3 aromatic rings. The molecule has 2 bridgehead atoms. The molecule has 0 aromatic heterocycles. The normalized spacial score (nSPS) is 32.8. The van der Waals surface area contributed by atoms with Crippen LogP contribution in [-0.4, -0.2) is 82.3 Å². The minimum Gasteiger partial charge on any atom is -0.458 e. The lowest BCUT2D eigenvalue weighted by Crippen LogP contribution is -2.86. The van der Waals surface area contributed by atoms with Crippen molar-refractivity contribution in [1.29, 1.82) is 0 Å². The minimum absolute atomic E-state index is 0.00293. The second kappa shape index (κ2) is 13.5. The highest BCUT2D eigenvalue weighted by molar-refractivity contribution is 5.91. The monoisotopic (exact) mass is 714 g/mol. The van der Waals surface area contributed by atoms with Crippen molar-refractivity contribution < 1.29 is 57.5 Å². The van der Waals surface area contributed by atoms with Gasteiger partial charge in [-0.05, 0) is 70.5 Å². The van der Waals surface area contributed by atoms with Crippen LogP contribution in [0.3, 0.4) is 0 Å². The SMILES string of the molecule is CC(=O)OC1C(OC(C)=O)C(C)(O)C23OC(C)(C)C(CC(OC(=O)c4ccccc4)C2(C)C1OC(=O)c1ccccc1)C3OC(=O)c1ccccc1. The first-order valence-corrected chi connectivity index (χ1v) is 17.1. The number of carbonyl (C=O) groups excluding carboxylic acids is 5. The van der Waals surface area contributed by atoms with Crippen molar-refractivity contribution in [3.8, 4) is 0 Å². The summed E-state index contributed by atoms with van der Waals surface area (Å²) in [6.45, 7) is 8.63. The van der Waals surface area contributed by atoms with E-state index in [-0.39, 0.29) is 23.1 Å². The molecule has 2 saturated carbocycles. The lowest BCUT2D eigenvalue weighted by Gasteiger charge is -2.66. The molecular weight excluding hydrogens is 672 g/mol. The number of esters is 5. The standard InChI is InChI=1S/C40H42O12/c1-23(41)47-30-32(51-36(45)27-20-14-9-15-21-27)38(5)29(49-34(43)25-16-10-7-11-17-25)22-28-31(50-35(44)26-18-12-8-13-19-26)40(38,52-37(28,3)4)39(6,46)33(30)48-24(2)42/h7-21,28-33,46H,22H2,1-6H3. The molecule has 1 N–H and O–H groups in total. The molecule has 0 radical (unpaired) electrons. The number of aliphatic hydroxyl groups is 1. The van der Waals surface area contributed by atoms with Crippen LogP contribution in [0.1, 0.15) is 79.0 Å². The van der Waals surface area contributed by atoms with E-state index in [2.05, 4.69) is 0 Å². The summed E-state index contributed by atoms with van der Waals surface area (Å²) >= 11 is 0. The highest BCUT2D eigenvalue weighted by atomic mass is 16.7. The van der Waals surface area contributed by atoms with Gasteiger partial charge in [-0.3, -0.25) is 9.59 Å². The predicted octanol–water partition coefficient (Wildman–Crippen LogP) is 4.87. The van der Waals surface area contributed by atoms with Crippen LogP contribution in [0.4, 0.5) is 0 Å². The third-order valence-electron chi connectivity index (χ3n) is 10.9. The number of rotatable bonds is 8. The molecular formula is C40H42O12. The average molecular weight is 715 g/mol. The summed E-state index contributed by atoms with van der Waals surface area (Å²) in [7, 11) is 0. The fraction of sp³-hybridized carbons (Fsp3) is 0.425. The summed E-state index contributed by atoms with van der Waals surface area (Å²) in [5.41, 5.74) is -7.00. The number of carbonyl (C=O) groups is 5. The highest BCUT2D eigenvalue weighted by Gasteiger charge is 2.87. The van der Waals surface area contributed by atoms with Gasteiger partial charge in [-0.15, -0.1) is 0 Å². The minimum atomic E-state index is -2.37. The van der Waals surface area contributed by atoms with Gasteiger partial charge in [0.15, 0.2) is 23.9 Å². The Morgan fingerprint density at radius 3 is 1.46 bits per heavy atom. The Balaban J connectivity index is 1.61. The Labute approximate surface area is 301 Å². The molecule has 3 aliphatic rings. The van der Waals surface area contributed by atoms with Crippen molar-refractivity contribution in [2.75, 3.05) is 0 Å². The molecule has 1 aliphatic heterocycles. The number of ether oxygens (including phenoxy) is 6. The molecule has 12 nitrogen and oxygen atoms in total. The number of benzene rings is 3. The maximum absolute atomic E-state index is 14.0. The van der Waals surface area contributed by atoms with Crippen LogP contribution in [0.5, 0.6) is 0 Å². The Bertz CT molecular complexity index is 1840. The van der Waals surface area contributed by atoms with Crippen molar-refractivity contribution in [2.24, 2.45) is 11.3 Å². The molecule has 274 valence electrons. The lowest BCUT2D eigenvalue weighted by atomic mass is 9.46. The lowest BCUT2D eigenvalue weighted by molar-refractivity contribution is -0.367. The Hall–Kier alpha value is -5.07. The molecule has 9 atom stereocenters. The average Bonchev–Trinajstić information content (AvgIpc) is 3.30. The van der Waals surface area contributed by atoms with Gasteiger partial charge in [0.1, 0.15) is 17.8 Å². The van der Waals surface area contributed by atoms with Crippen LogP contribution in [0, 0.1) is 11.3 Å². The Morgan fingerprint density at radius 1 is 0.596 bits per heavy atom. The topological polar surface area (TPSA) is 161 Å². The third-order valence-corrected chi connectivity index (χ3v) is 10.9. The molecule has 0 amide bonds. The van der Waals surface area contributed by atoms with E-state index in [9.17, 15) is 29.1 Å². The summed E-state index contributed by atoms with van der Waals surface area (Å²) in [6.07, 6.45) is -7.57. The number of hydrogen-bond donors (Lipinski definition) is 1. The van der Waals surface area contributed by atoms with Crippen LogP contribution < -0.4 is 0 Å². The fourth-order valence-electron chi connectivity index (χ4n) is 8.59. The molecule has 1 heterocycles. The Morgan fingerprint density at radius 2 is 1.02 bits per heavy atom. The van der Waals surface area contributed by atoms with Gasteiger partial charge in [-0.25, -0.2) is 14.4 Å². The van der Waals surface area contributed by atoms with Crippen LogP contribution in [0.25, 0.3) is 0 Å². The predicted molar refractivity (Wildman–Crippen MR) is 183 cm³/mol. The molecule has 2 aliphatic carbocycles. The molecule has 1 saturated heterocycles. The van der Waals surface area contributed by atoms with Gasteiger partial charge in [-0.2, -0.15) is 0 Å². The first-order valence-electron chi connectivity index (χ1n) is 17.1. The second-order valence-electron chi connectivity index (χ2n) is 14.5. The van der Waals surface area contributed by atoms with Gasteiger partial charge in [0.05, 0.1) is 27.7 Å². The zero-order chi connectivity index (χ0) is 37.6. The maximum Gasteiger partial charge on any atom is 0.338 e. The van der Waals surface area contributed by atoms with Gasteiger partial charge in [0, 0.05) is 19.8 Å². The molecule has 1 spiro atoms. The van der Waals surface area contributed by atoms with E-state index < -0.39 is 88.5 Å². The largest absolute Gasteiger partial charge is 0.458 e. The van der Waals surface area contributed by atoms with Crippen LogP contribution >= 0.6 is 0 Å². The first-order chi connectivity index (χ1) is 24.5. The van der Waals surface area contributed by atoms with Gasteiger partial charge < -0.3 is 33.5 Å². The summed E-state index contributed by atoms with van der Waals surface area (Å²) in [5, 5.41) is 13.1. The van der Waals surface area contributed by atoms with Crippen molar-refractivity contribution in [3.63, 3.8) is 0 Å². The molecule has 9 unspecified atom stereocenters. The van der Waals surface area contributed by atoms with Gasteiger partial charge in [0.25, 0.3) is 0 Å². The molecule has 3 aromatic carbocycles. The second-order valence-corrected chi connectivity index (χ2v) is 14.5. The Kier molecular flexibility index (Phi) is 9.52. The van der Waals surface area contributed by atoms with Gasteiger partial charge >= 0.3 is 29.8 Å².